The highest BCUT2D eigenvalue weighted by Gasteiger charge is 2.28. The molecule has 1 aliphatic heterocycles. The molecule has 1 aliphatic rings. The molecule has 2 N–H and O–H groups in total. The second-order valence-corrected chi connectivity index (χ2v) is 4.23. The van der Waals surface area contributed by atoms with Gasteiger partial charge in [0.05, 0.1) is 19.7 Å². The topological polar surface area (TPSA) is 78.9 Å². The minimum atomic E-state index is -1.02. The molecular formula is C11H20N2O4. The fraction of sp³-hybridized carbons (Fsp3) is 0.818. The number of nitrogens with zero attached hydrogens (tertiary/aromatic N) is 1. The molecule has 2 atom stereocenters. The van der Waals surface area contributed by atoms with Crippen molar-refractivity contribution in [2.75, 3.05) is 26.2 Å². The summed E-state index contributed by atoms with van der Waals surface area (Å²) >= 11 is 0. The van der Waals surface area contributed by atoms with E-state index in [0.717, 1.165) is 6.42 Å². The Labute approximate surface area is 101 Å². The van der Waals surface area contributed by atoms with Crippen molar-refractivity contribution in [2.45, 2.75) is 32.4 Å². The molecule has 0 saturated carbocycles. The van der Waals surface area contributed by atoms with Crippen molar-refractivity contribution >= 4 is 11.9 Å². The third kappa shape index (κ3) is 4.32. The summed E-state index contributed by atoms with van der Waals surface area (Å²) in [6, 6.07) is 0.287. The Kier molecular flexibility index (Phi) is 5.37. The highest BCUT2D eigenvalue weighted by molar-refractivity contribution is 5.80. The maximum Gasteiger partial charge on any atom is 0.334 e. The normalized spacial score (nSPS) is 22.2. The van der Waals surface area contributed by atoms with Gasteiger partial charge in [0, 0.05) is 12.6 Å². The Morgan fingerprint density at radius 1 is 1.59 bits per heavy atom. The zero-order valence-electron chi connectivity index (χ0n) is 10.3. The molecule has 17 heavy (non-hydrogen) atoms. The smallest absolute Gasteiger partial charge is 0.334 e. The summed E-state index contributed by atoms with van der Waals surface area (Å²) in [7, 11) is 0. The van der Waals surface area contributed by atoms with Crippen LogP contribution < -0.4 is 5.32 Å². The van der Waals surface area contributed by atoms with Gasteiger partial charge in [-0.05, 0) is 13.3 Å². The summed E-state index contributed by atoms with van der Waals surface area (Å²) in [5.74, 6) is -1.09. The lowest BCUT2D eigenvalue weighted by molar-refractivity contribution is -0.159. The monoisotopic (exact) mass is 244 g/mol. The summed E-state index contributed by atoms with van der Waals surface area (Å²) in [5, 5.41) is 11.9. The van der Waals surface area contributed by atoms with Crippen molar-refractivity contribution in [2.24, 2.45) is 0 Å². The number of hydrogen-bond donors (Lipinski definition) is 2. The van der Waals surface area contributed by atoms with E-state index in [4.69, 9.17) is 9.84 Å². The number of carboxylic acids is 1. The quantitative estimate of drug-likeness (QED) is 0.693. The van der Waals surface area contributed by atoms with Gasteiger partial charge >= 0.3 is 5.97 Å². The van der Waals surface area contributed by atoms with E-state index in [1.807, 2.05) is 13.8 Å². The van der Waals surface area contributed by atoms with Crippen molar-refractivity contribution in [3.8, 4) is 0 Å². The van der Waals surface area contributed by atoms with Gasteiger partial charge < -0.3 is 20.1 Å². The standard InChI is InChI=1S/C11H20N2O4/c1-3-8(2)12-6-10(14)13-4-5-17-9(7-13)11(15)16/h8-9,12H,3-7H2,1-2H3,(H,15,16). The molecular weight excluding hydrogens is 224 g/mol. The number of ether oxygens (including phenoxy) is 1. The molecule has 0 aromatic rings. The van der Waals surface area contributed by atoms with Crippen LogP contribution in [0.1, 0.15) is 20.3 Å². The van der Waals surface area contributed by atoms with E-state index < -0.39 is 12.1 Å². The van der Waals surface area contributed by atoms with Crippen molar-refractivity contribution in [1.82, 2.24) is 10.2 Å². The van der Waals surface area contributed by atoms with Crippen LogP contribution in [0.4, 0.5) is 0 Å². The van der Waals surface area contributed by atoms with Gasteiger partial charge in [-0.1, -0.05) is 6.92 Å². The molecule has 2 unspecified atom stereocenters. The fourth-order valence-corrected chi connectivity index (χ4v) is 1.54. The average molecular weight is 244 g/mol. The number of carbonyl (C=O) groups excluding carboxylic acids is 1. The minimum absolute atomic E-state index is 0.0696. The minimum Gasteiger partial charge on any atom is -0.479 e. The number of carbonyl (C=O) groups is 2. The molecule has 6 nitrogen and oxygen atoms in total. The van der Waals surface area contributed by atoms with Crippen LogP contribution in [0, 0.1) is 0 Å². The number of morpholine rings is 1. The lowest BCUT2D eigenvalue weighted by atomic mass is 10.2. The van der Waals surface area contributed by atoms with Crippen LogP contribution in [0.2, 0.25) is 0 Å². The number of nitrogens with one attached hydrogen (secondary N) is 1. The maximum atomic E-state index is 11.8. The number of hydrogen-bond acceptors (Lipinski definition) is 4. The summed E-state index contributed by atoms with van der Waals surface area (Å²) in [6.45, 7) is 5.18. The predicted molar refractivity (Wildman–Crippen MR) is 61.7 cm³/mol. The first-order valence-electron chi connectivity index (χ1n) is 5.90. The van der Waals surface area contributed by atoms with Gasteiger partial charge in [-0.3, -0.25) is 4.79 Å². The molecule has 0 aromatic heterocycles. The van der Waals surface area contributed by atoms with Crippen LogP contribution in [-0.2, 0) is 14.3 Å². The van der Waals surface area contributed by atoms with Crippen molar-refractivity contribution in [3.05, 3.63) is 0 Å². The van der Waals surface area contributed by atoms with Crippen LogP contribution in [0.15, 0.2) is 0 Å². The van der Waals surface area contributed by atoms with E-state index in [2.05, 4.69) is 5.32 Å². The van der Waals surface area contributed by atoms with Crippen LogP contribution in [-0.4, -0.2) is 60.3 Å². The van der Waals surface area contributed by atoms with Gasteiger partial charge in [0.25, 0.3) is 0 Å². The number of rotatable bonds is 5. The van der Waals surface area contributed by atoms with Crippen LogP contribution in [0.3, 0.4) is 0 Å². The van der Waals surface area contributed by atoms with E-state index in [1.54, 1.807) is 0 Å². The number of carboxylic acid groups (broad SMARTS) is 1. The van der Waals surface area contributed by atoms with Gasteiger partial charge in [0.15, 0.2) is 6.10 Å². The lowest BCUT2D eigenvalue weighted by Gasteiger charge is -2.31. The molecule has 1 heterocycles. The lowest BCUT2D eigenvalue weighted by Crippen LogP contribution is -2.51. The maximum absolute atomic E-state index is 11.8. The van der Waals surface area contributed by atoms with Crippen molar-refractivity contribution in [1.29, 1.82) is 0 Å². The van der Waals surface area contributed by atoms with Crippen molar-refractivity contribution < 1.29 is 19.4 Å². The molecule has 6 heteroatoms. The zero-order chi connectivity index (χ0) is 12.8. The second-order valence-electron chi connectivity index (χ2n) is 4.23. The first-order valence-corrected chi connectivity index (χ1v) is 5.90. The molecule has 98 valence electrons. The highest BCUT2D eigenvalue weighted by Crippen LogP contribution is 2.05. The van der Waals surface area contributed by atoms with E-state index in [9.17, 15) is 9.59 Å². The molecule has 0 aliphatic carbocycles. The van der Waals surface area contributed by atoms with Gasteiger partial charge in [0.2, 0.25) is 5.91 Å². The molecule has 1 amide bonds. The third-order valence-electron chi connectivity index (χ3n) is 2.91. The van der Waals surface area contributed by atoms with Gasteiger partial charge in [0.1, 0.15) is 0 Å². The van der Waals surface area contributed by atoms with Gasteiger partial charge in [-0.15, -0.1) is 0 Å². The molecule has 1 fully saturated rings. The van der Waals surface area contributed by atoms with E-state index in [0.29, 0.717) is 6.54 Å². The molecule has 1 rings (SSSR count). The summed E-state index contributed by atoms with van der Waals surface area (Å²) < 4.78 is 5.05. The van der Waals surface area contributed by atoms with Crippen molar-refractivity contribution in [3.63, 3.8) is 0 Å². The largest absolute Gasteiger partial charge is 0.479 e. The summed E-state index contributed by atoms with van der Waals surface area (Å²) in [5.41, 5.74) is 0. The van der Waals surface area contributed by atoms with E-state index in [1.165, 1.54) is 4.90 Å². The van der Waals surface area contributed by atoms with E-state index >= 15 is 0 Å². The number of amides is 1. The highest BCUT2D eigenvalue weighted by atomic mass is 16.5. The average Bonchev–Trinajstić information content (AvgIpc) is 2.35. The molecule has 0 bridgehead atoms. The van der Waals surface area contributed by atoms with Gasteiger partial charge in [-0.25, -0.2) is 4.79 Å². The summed E-state index contributed by atoms with van der Waals surface area (Å²) in [6.07, 6.45) is 0.0602. The van der Waals surface area contributed by atoms with Gasteiger partial charge in [-0.2, -0.15) is 0 Å². The Morgan fingerprint density at radius 3 is 2.88 bits per heavy atom. The Bertz CT molecular complexity index is 283. The zero-order valence-corrected chi connectivity index (χ0v) is 10.3. The SMILES string of the molecule is CCC(C)NCC(=O)N1CCOC(C(=O)O)C1. The Hall–Kier alpha value is -1.14. The first-order chi connectivity index (χ1) is 8.04. The van der Waals surface area contributed by atoms with E-state index in [-0.39, 0.29) is 31.6 Å². The predicted octanol–water partition coefficient (Wildman–Crippen LogP) is -0.313. The first kappa shape index (κ1) is 13.9. The molecule has 1 saturated heterocycles. The molecule has 0 radical (unpaired) electrons. The third-order valence-corrected chi connectivity index (χ3v) is 2.91. The second kappa shape index (κ2) is 6.56. The molecule has 0 aromatic carbocycles. The Morgan fingerprint density at radius 2 is 2.29 bits per heavy atom. The van der Waals surface area contributed by atoms with Crippen LogP contribution >= 0.6 is 0 Å². The number of aliphatic carboxylic acids is 1. The fourth-order valence-electron chi connectivity index (χ4n) is 1.54. The molecule has 0 spiro atoms. The van der Waals surface area contributed by atoms with Crippen LogP contribution in [0.25, 0.3) is 0 Å². The van der Waals surface area contributed by atoms with Crippen LogP contribution in [0.5, 0.6) is 0 Å². The Balaban J connectivity index is 2.38. The summed E-state index contributed by atoms with van der Waals surface area (Å²) in [4.78, 5) is 24.1.